The van der Waals surface area contributed by atoms with Crippen LogP contribution in [0.1, 0.15) is 62.6 Å². The molecule has 0 amide bonds. The molecule has 0 bridgehead atoms. The number of piperidine rings is 1. The van der Waals surface area contributed by atoms with Gasteiger partial charge in [-0.3, -0.25) is 0 Å². The van der Waals surface area contributed by atoms with Crippen LogP contribution in [0.5, 0.6) is 5.75 Å². The van der Waals surface area contributed by atoms with Crippen molar-refractivity contribution >= 4 is 11.0 Å². The molecule has 2 unspecified atom stereocenters. The minimum absolute atomic E-state index is 0.0637. The van der Waals surface area contributed by atoms with E-state index in [0.717, 1.165) is 65.8 Å². The van der Waals surface area contributed by atoms with Crippen molar-refractivity contribution in [2.75, 3.05) is 40.3 Å². The lowest BCUT2D eigenvalue weighted by Crippen LogP contribution is -2.38. The molecule has 0 spiro atoms. The summed E-state index contributed by atoms with van der Waals surface area (Å²) in [7, 11) is 3.75. The summed E-state index contributed by atoms with van der Waals surface area (Å²) in [5.74, 6) is 2.96. The lowest BCUT2D eigenvalue weighted by molar-refractivity contribution is 0.0859. The van der Waals surface area contributed by atoms with Crippen LogP contribution >= 0.6 is 0 Å². The fourth-order valence-electron chi connectivity index (χ4n) is 5.36. The van der Waals surface area contributed by atoms with Crippen molar-refractivity contribution in [3.05, 3.63) is 23.4 Å². The van der Waals surface area contributed by atoms with E-state index in [1.54, 1.807) is 0 Å². The van der Waals surface area contributed by atoms with Gasteiger partial charge in [0, 0.05) is 17.5 Å². The number of hydrogen-bond donors (Lipinski definition) is 2. The topological polar surface area (TPSA) is 70.8 Å². The van der Waals surface area contributed by atoms with E-state index in [2.05, 4.69) is 34.4 Å². The maximum atomic E-state index is 10.1. The first kappa shape index (κ1) is 24.5. The van der Waals surface area contributed by atoms with Gasteiger partial charge in [-0.25, -0.2) is 0 Å². The van der Waals surface area contributed by atoms with Crippen molar-refractivity contribution in [3.8, 4) is 5.75 Å². The molecule has 184 valence electrons. The molecule has 3 aliphatic rings. The normalized spacial score (nSPS) is 24.1. The Labute approximate surface area is 199 Å². The third kappa shape index (κ3) is 6.49. The van der Waals surface area contributed by atoms with E-state index >= 15 is 0 Å². The maximum Gasteiger partial charge on any atom is 0.173 e. The molecule has 2 N–H and O–H groups in total. The van der Waals surface area contributed by atoms with Crippen molar-refractivity contribution < 1.29 is 14.4 Å². The fourth-order valence-corrected chi connectivity index (χ4v) is 5.36. The number of benzene rings is 1. The lowest BCUT2D eigenvalue weighted by atomic mass is 9.90. The second kappa shape index (κ2) is 11.7. The van der Waals surface area contributed by atoms with Crippen LogP contribution in [0.4, 0.5) is 0 Å². The highest BCUT2D eigenvalue weighted by molar-refractivity contribution is 5.84. The van der Waals surface area contributed by atoms with Crippen molar-refractivity contribution in [2.45, 2.75) is 70.8 Å². The predicted molar refractivity (Wildman–Crippen MR) is 133 cm³/mol. The summed E-state index contributed by atoms with van der Waals surface area (Å²) in [4.78, 5) is 2.58. The molecule has 1 aromatic heterocycles. The molecule has 1 aliphatic heterocycles. The summed E-state index contributed by atoms with van der Waals surface area (Å²) in [6, 6.07) is 4.22. The molecule has 0 radical (unpaired) electrons. The Balaban J connectivity index is 0.000000821. The van der Waals surface area contributed by atoms with E-state index in [1.807, 2.05) is 14.1 Å². The van der Waals surface area contributed by atoms with Gasteiger partial charge in [-0.15, -0.1) is 0 Å². The van der Waals surface area contributed by atoms with E-state index < -0.39 is 0 Å². The third-order valence-electron chi connectivity index (χ3n) is 7.69. The number of fused-ring (bicyclic) bond motifs is 1. The third-order valence-corrected chi connectivity index (χ3v) is 7.69. The van der Waals surface area contributed by atoms with Gasteiger partial charge in [0.15, 0.2) is 5.58 Å². The van der Waals surface area contributed by atoms with Crippen LogP contribution in [0, 0.1) is 24.7 Å². The van der Waals surface area contributed by atoms with Gasteiger partial charge < -0.3 is 24.6 Å². The Hall–Kier alpha value is -1.63. The number of aliphatic hydroxyl groups is 1. The van der Waals surface area contributed by atoms with E-state index in [1.165, 1.54) is 58.0 Å². The highest BCUT2D eigenvalue weighted by atomic mass is 16.5. The summed E-state index contributed by atoms with van der Waals surface area (Å²) in [5.41, 5.74) is 3.07. The lowest BCUT2D eigenvalue weighted by Gasteiger charge is -2.34. The molecule has 1 aromatic carbocycles. The Morgan fingerprint density at radius 1 is 1.09 bits per heavy atom. The average molecular weight is 458 g/mol. The van der Waals surface area contributed by atoms with Crippen LogP contribution in [0.15, 0.2) is 16.7 Å². The van der Waals surface area contributed by atoms with Gasteiger partial charge in [0.1, 0.15) is 5.75 Å². The fraction of sp³-hybridized carbons (Fsp3) is 0.741. The first-order valence-electron chi connectivity index (χ1n) is 13.1. The average Bonchev–Trinajstić information content (AvgIpc) is 3.42. The number of aryl methyl sites for hydroxylation is 2. The van der Waals surface area contributed by atoms with Crippen molar-refractivity contribution in [1.82, 2.24) is 15.4 Å². The monoisotopic (exact) mass is 457 g/mol. The molecule has 2 aromatic rings. The maximum absolute atomic E-state index is 10.1. The second-order valence-corrected chi connectivity index (χ2v) is 10.5. The zero-order valence-corrected chi connectivity index (χ0v) is 20.8. The van der Waals surface area contributed by atoms with Gasteiger partial charge in [-0.05, 0) is 115 Å². The zero-order chi connectivity index (χ0) is 23.2. The summed E-state index contributed by atoms with van der Waals surface area (Å²) in [6.45, 7) is 6.34. The van der Waals surface area contributed by atoms with E-state index in [0.29, 0.717) is 5.92 Å². The van der Waals surface area contributed by atoms with Crippen LogP contribution < -0.4 is 10.1 Å². The Kier molecular flexibility index (Phi) is 8.67. The van der Waals surface area contributed by atoms with Gasteiger partial charge in [-0.1, -0.05) is 11.6 Å². The van der Waals surface area contributed by atoms with Gasteiger partial charge in [0.25, 0.3) is 0 Å². The molecule has 33 heavy (non-hydrogen) atoms. The van der Waals surface area contributed by atoms with Gasteiger partial charge in [-0.2, -0.15) is 0 Å². The number of ether oxygens (including phenoxy) is 1. The Bertz CT molecular complexity index is 871. The summed E-state index contributed by atoms with van der Waals surface area (Å²) < 4.78 is 11.7. The molecule has 2 saturated carbocycles. The Morgan fingerprint density at radius 2 is 1.85 bits per heavy atom. The van der Waals surface area contributed by atoms with Crippen LogP contribution in [0.3, 0.4) is 0 Å². The van der Waals surface area contributed by atoms with Crippen LogP contribution in [0.2, 0.25) is 0 Å². The quantitative estimate of drug-likeness (QED) is 0.605. The highest BCUT2D eigenvalue weighted by Gasteiger charge is 2.29. The first-order chi connectivity index (χ1) is 16.1. The molecular weight excluding hydrogens is 414 g/mol. The van der Waals surface area contributed by atoms with Crippen LogP contribution in [-0.2, 0) is 6.42 Å². The molecule has 1 saturated heterocycles. The zero-order valence-electron chi connectivity index (χ0n) is 20.8. The first-order valence-corrected chi connectivity index (χ1v) is 13.1. The Morgan fingerprint density at radius 3 is 2.52 bits per heavy atom. The second-order valence-electron chi connectivity index (χ2n) is 10.5. The van der Waals surface area contributed by atoms with Crippen molar-refractivity contribution in [1.29, 1.82) is 0 Å². The molecule has 2 aliphatic carbocycles. The summed E-state index contributed by atoms with van der Waals surface area (Å²) in [6.07, 6.45) is 10.6. The smallest absolute Gasteiger partial charge is 0.173 e. The minimum Gasteiger partial charge on any atom is -0.493 e. The van der Waals surface area contributed by atoms with Crippen LogP contribution in [-0.4, -0.2) is 61.6 Å². The highest BCUT2D eigenvalue weighted by Crippen LogP contribution is 2.34. The predicted octanol–water partition coefficient (Wildman–Crippen LogP) is 4.57. The molecule has 5 rings (SSSR count). The van der Waals surface area contributed by atoms with Crippen molar-refractivity contribution in [2.24, 2.45) is 17.8 Å². The number of nitrogens with one attached hydrogen (secondary N) is 1. The van der Waals surface area contributed by atoms with Gasteiger partial charge >= 0.3 is 0 Å². The molecule has 6 nitrogen and oxygen atoms in total. The largest absolute Gasteiger partial charge is 0.493 e. The van der Waals surface area contributed by atoms with Gasteiger partial charge in [0.2, 0.25) is 0 Å². The number of aliphatic hydroxyl groups excluding tert-OH is 1. The van der Waals surface area contributed by atoms with Crippen molar-refractivity contribution in [3.63, 3.8) is 0 Å². The molecule has 2 heterocycles. The summed E-state index contributed by atoms with van der Waals surface area (Å²) >= 11 is 0. The van der Waals surface area contributed by atoms with E-state index in [4.69, 9.17) is 9.26 Å². The van der Waals surface area contributed by atoms with Crippen LogP contribution in [0.25, 0.3) is 11.0 Å². The molecule has 2 atom stereocenters. The number of likely N-dealkylation sites (tertiary alicyclic amines) is 1. The standard InChI is InChI=1S/C25H36N2O3.C2H7N/c1-17-24(29-16-19-5-6-19)10-8-21-22(26-30-25(17)21)9-7-18-11-13-27(14-12-18)15-20-3-2-4-23(20)28;1-3-2/h8,10,18-20,23,28H,2-7,9,11-16H2,1H3;3H,1-2H3. The SMILES string of the molecule is CNC.Cc1c(OCC2CC2)ccc2c(CCC3CCN(CC4CCCC4O)CC3)noc12. The van der Waals surface area contributed by atoms with E-state index in [9.17, 15) is 5.11 Å². The molecular formula is C27H43N3O3. The number of aromatic nitrogens is 1. The number of nitrogens with zero attached hydrogens (tertiary/aromatic N) is 2. The number of rotatable bonds is 8. The summed E-state index contributed by atoms with van der Waals surface area (Å²) in [5, 5.41) is 18.4. The molecule has 6 heteroatoms. The van der Waals surface area contributed by atoms with E-state index in [-0.39, 0.29) is 6.10 Å². The number of hydrogen-bond acceptors (Lipinski definition) is 6. The van der Waals surface area contributed by atoms with Gasteiger partial charge in [0.05, 0.1) is 18.4 Å². The minimum atomic E-state index is -0.0637. The molecule has 3 fully saturated rings.